The molecule has 0 saturated heterocycles. The Morgan fingerprint density at radius 3 is 2.77 bits per heavy atom. The van der Waals surface area contributed by atoms with E-state index >= 15 is 0 Å². The van der Waals surface area contributed by atoms with Gasteiger partial charge in [0, 0.05) is 33.8 Å². The molecule has 2 N–H and O–H groups in total. The fraction of sp³-hybridized carbons (Fsp3) is 0.174. The smallest absolute Gasteiger partial charge is 0.231 e. The number of hydrogen-bond acceptors (Lipinski definition) is 5. The molecule has 2 atom stereocenters. The number of nitrogens with one attached hydrogen (secondary N) is 1. The first-order chi connectivity index (χ1) is 15.0. The lowest BCUT2D eigenvalue weighted by atomic mass is 9.93. The topological polar surface area (TPSA) is 63.1 Å². The van der Waals surface area contributed by atoms with Crippen molar-refractivity contribution in [3.8, 4) is 17.2 Å². The third kappa shape index (κ3) is 3.89. The number of phenols is 1. The minimum atomic E-state index is -0.730. The van der Waals surface area contributed by atoms with Crippen LogP contribution in [-0.4, -0.2) is 17.6 Å². The standard InChI is InChI=1S/C23H17BrClFN2O3/c24-13-5-6-19(29)14(9-13)18-10-17(12-4-7-20-21(8-12)31-11-30-20)27-23(28-18)22-15(25)2-1-3-16(22)26/h1-9,18,23,28-29H,10-11H2/t18-,23+/m0/s1. The summed E-state index contributed by atoms with van der Waals surface area (Å²) in [6, 6.07) is 15.1. The SMILES string of the molecule is Oc1ccc(Br)cc1[C@@H]1CC(c2ccc3c(c2)OCO3)=N[C@@H](c2c(F)cccc2Cl)N1. The second-order valence-corrected chi connectivity index (χ2v) is 8.63. The molecule has 5 rings (SSSR count). The number of phenolic OH excluding ortho intramolecular Hbond substituents is 1. The van der Waals surface area contributed by atoms with Crippen LogP contribution in [0.15, 0.2) is 64.1 Å². The van der Waals surface area contributed by atoms with E-state index in [1.54, 1.807) is 24.3 Å². The van der Waals surface area contributed by atoms with Gasteiger partial charge in [0.25, 0.3) is 0 Å². The minimum Gasteiger partial charge on any atom is -0.508 e. The lowest BCUT2D eigenvalue weighted by Gasteiger charge is -2.31. The average Bonchev–Trinajstić information content (AvgIpc) is 3.23. The van der Waals surface area contributed by atoms with Crippen LogP contribution >= 0.6 is 27.5 Å². The predicted octanol–water partition coefficient (Wildman–Crippen LogP) is 5.90. The molecule has 0 fully saturated rings. The van der Waals surface area contributed by atoms with Crippen molar-refractivity contribution in [2.24, 2.45) is 4.99 Å². The van der Waals surface area contributed by atoms with Crippen LogP contribution in [0, 0.1) is 5.82 Å². The largest absolute Gasteiger partial charge is 0.508 e. The molecule has 0 aromatic heterocycles. The van der Waals surface area contributed by atoms with E-state index in [0.29, 0.717) is 23.5 Å². The van der Waals surface area contributed by atoms with Crippen LogP contribution in [0.3, 0.4) is 0 Å². The molecular formula is C23H17BrClFN2O3. The highest BCUT2D eigenvalue weighted by Gasteiger charge is 2.31. The molecule has 31 heavy (non-hydrogen) atoms. The van der Waals surface area contributed by atoms with Gasteiger partial charge in [-0.3, -0.25) is 10.3 Å². The predicted molar refractivity (Wildman–Crippen MR) is 120 cm³/mol. The zero-order chi connectivity index (χ0) is 21.5. The van der Waals surface area contributed by atoms with E-state index in [1.807, 2.05) is 24.3 Å². The highest BCUT2D eigenvalue weighted by atomic mass is 79.9. The van der Waals surface area contributed by atoms with Crippen LogP contribution in [0.1, 0.15) is 35.3 Å². The first kappa shape index (κ1) is 20.3. The maximum Gasteiger partial charge on any atom is 0.231 e. The Morgan fingerprint density at radius 2 is 1.94 bits per heavy atom. The molecule has 0 bridgehead atoms. The molecule has 0 radical (unpaired) electrons. The Kier molecular flexibility index (Phi) is 5.33. The molecule has 0 aliphatic carbocycles. The van der Waals surface area contributed by atoms with Crippen LogP contribution in [0.2, 0.25) is 5.02 Å². The first-order valence-electron chi connectivity index (χ1n) is 9.64. The zero-order valence-corrected chi connectivity index (χ0v) is 18.5. The van der Waals surface area contributed by atoms with E-state index in [0.717, 1.165) is 15.7 Å². The second kappa shape index (κ2) is 8.15. The van der Waals surface area contributed by atoms with E-state index in [2.05, 4.69) is 21.2 Å². The molecule has 5 nitrogen and oxygen atoms in total. The second-order valence-electron chi connectivity index (χ2n) is 7.31. The minimum absolute atomic E-state index is 0.144. The maximum absolute atomic E-state index is 14.7. The Balaban J connectivity index is 1.61. The Hall–Kier alpha value is -2.61. The quantitative estimate of drug-likeness (QED) is 0.467. The summed E-state index contributed by atoms with van der Waals surface area (Å²) in [5.74, 6) is 1.01. The van der Waals surface area contributed by atoms with Gasteiger partial charge in [0.2, 0.25) is 6.79 Å². The van der Waals surface area contributed by atoms with Crippen molar-refractivity contribution in [1.82, 2.24) is 5.32 Å². The van der Waals surface area contributed by atoms with E-state index in [-0.39, 0.29) is 29.2 Å². The van der Waals surface area contributed by atoms with Gasteiger partial charge in [-0.1, -0.05) is 33.6 Å². The molecule has 0 saturated carbocycles. The van der Waals surface area contributed by atoms with Crippen molar-refractivity contribution < 1.29 is 19.0 Å². The van der Waals surface area contributed by atoms with Crippen LogP contribution in [0.4, 0.5) is 4.39 Å². The van der Waals surface area contributed by atoms with E-state index in [1.165, 1.54) is 6.07 Å². The number of aromatic hydroxyl groups is 1. The van der Waals surface area contributed by atoms with Gasteiger partial charge in [0.1, 0.15) is 17.7 Å². The summed E-state index contributed by atoms with van der Waals surface area (Å²) < 4.78 is 26.5. The van der Waals surface area contributed by atoms with Gasteiger partial charge in [-0.05, 0) is 54.1 Å². The van der Waals surface area contributed by atoms with E-state index in [4.69, 9.17) is 26.1 Å². The number of hydrogen-bond donors (Lipinski definition) is 2. The van der Waals surface area contributed by atoms with Gasteiger partial charge in [0.05, 0.1) is 5.02 Å². The molecule has 8 heteroatoms. The number of nitrogens with zero attached hydrogens (tertiary/aromatic N) is 1. The Bertz CT molecular complexity index is 1180. The summed E-state index contributed by atoms with van der Waals surface area (Å²) >= 11 is 9.80. The van der Waals surface area contributed by atoms with Crippen LogP contribution < -0.4 is 14.8 Å². The summed E-state index contributed by atoms with van der Waals surface area (Å²) in [6.07, 6.45) is -0.252. The third-order valence-corrected chi connectivity index (χ3v) is 6.21. The van der Waals surface area contributed by atoms with Gasteiger partial charge < -0.3 is 14.6 Å². The molecular weight excluding hydrogens is 487 g/mol. The summed E-state index contributed by atoms with van der Waals surface area (Å²) in [5.41, 5.74) is 2.52. The number of ether oxygens (including phenoxy) is 2. The van der Waals surface area contributed by atoms with Crippen molar-refractivity contribution in [3.05, 3.63) is 86.6 Å². The number of benzene rings is 3. The molecule has 0 amide bonds. The molecule has 0 spiro atoms. The van der Waals surface area contributed by atoms with Crippen molar-refractivity contribution in [2.75, 3.05) is 6.79 Å². The number of halogens is 3. The maximum atomic E-state index is 14.7. The van der Waals surface area contributed by atoms with Crippen LogP contribution in [0.25, 0.3) is 0 Å². The molecule has 158 valence electrons. The third-order valence-electron chi connectivity index (χ3n) is 5.39. The summed E-state index contributed by atoms with van der Waals surface area (Å²) in [4.78, 5) is 4.79. The number of rotatable bonds is 3. The first-order valence-corrected chi connectivity index (χ1v) is 10.8. The van der Waals surface area contributed by atoms with E-state index < -0.39 is 12.0 Å². The summed E-state index contributed by atoms with van der Waals surface area (Å²) in [6.45, 7) is 0.175. The monoisotopic (exact) mass is 502 g/mol. The highest BCUT2D eigenvalue weighted by Crippen LogP contribution is 2.39. The molecule has 3 aromatic rings. The molecule has 0 unspecified atom stereocenters. The fourth-order valence-corrected chi connectivity index (χ4v) is 4.53. The van der Waals surface area contributed by atoms with Gasteiger partial charge >= 0.3 is 0 Å². The molecule has 2 aliphatic heterocycles. The Morgan fingerprint density at radius 1 is 1.10 bits per heavy atom. The summed E-state index contributed by atoms with van der Waals surface area (Å²) in [5, 5.41) is 14.1. The van der Waals surface area contributed by atoms with Gasteiger partial charge in [-0.2, -0.15) is 0 Å². The number of fused-ring (bicyclic) bond motifs is 1. The normalized spacial score (nSPS) is 19.9. The van der Waals surface area contributed by atoms with Crippen molar-refractivity contribution in [3.63, 3.8) is 0 Å². The van der Waals surface area contributed by atoms with Gasteiger partial charge in [-0.15, -0.1) is 0 Å². The lowest BCUT2D eigenvalue weighted by Crippen LogP contribution is -2.33. The number of aliphatic imine (C=N–C) groups is 1. The van der Waals surface area contributed by atoms with E-state index in [9.17, 15) is 9.50 Å². The summed E-state index contributed by atoms with van der Waals surface area (Å²) in [7, 11) is 0. The van der Waals surface area contributed by atoms with Gasteiger partial charge in [0.15, 0.2) is 11.5 Å². The Labute approximate surface area is 191 Å². The van der Waals surface area contributed by atoms with Crippen molar-refractivity contribution in [2.45, 2.75) is 18.6 Å². The average molecular weight is 504 g/mol. The molecule has 2 heterocycles. The fourth-order valence-electron chi connectivity index (χ4n) is 3.88. The van der Waals surface area contributed by atoms with Gasteiger partial charge in [-0.25, -0.2) is 4.39 Å². The molecule has 2 aliphatic rings. The van der Waals surface area contributed by atoms with Crippen molar-refractivity contribution in [1.29, 1.82) is 0 Å². The van der Waals surface area contributed by atoms with Crippen LogP contribution in [0.5, 0.6) is 17.2 Å². The lowest BCUT2D eigenvalue weighted by molar-refractivity contribution is 0.174. The zero-order valence-electron chi connectivity index (χ0n) is 16.1. The van der Waals surface area contributed by atoms with Crippen LogP contribution in [-0.2, 0) is 0 Å². The molecule has 3 aromatic carbocycles. The highest BCUT2D eigenvalue weighted by molar-refractivity contribution is 9.10. The van der Waals surface area contributed by atoms with Crippen molar-refractivity contribution >= 4 is 33.2 Å².